The molecule has 0 aliphatic heterocycles. The van der Waals surface area contributed by atoms with E-state index in [0.717, 1.165) is 55.7 Å². The summed E-state index contributed by atoms with van der Waals surface area (Å²) in [5, 5.41) is 7.07. The summed E-state index contributed by atoms with van der Waals surface area (Å²) in [7, 11) is 0. The second-order valence-corrected chi connectivity index (χ2v) is 14.1. The number of hydrogen-bond donors (Lipinski definition) is 0. The highest BCUT2D eigenvalue weighted by molar-refractivity contribution is 6.26. The van der Waals surface area contributed by atoms with Gasteiger partial charge in [-0.3, -0.25) is 0 Å². The molecule has 3 heteroatoms. The van der Waals surface area contributed by atoms with E-state index in [0.29, 0.717) is 0 Å². The van der Waals surface area contributed by atoms with Crippen LogP contribution in [0.25, 0.3) is 82.5 Å². The number of para-hydroxylation sites is 4. The van der Waals surface area contributed by atoms with Crippen LogP contribution in [0.5, 0.6) is 0 Å². The van der Waals surface area contributed by atoms with Crippen LogP contribution in [0.3, 0.4) is 0 Å². The minimum absolute atomic E-state index is 0.894. The van der Waals surface area contributed by atoms with Gasteiger partial charge >= 0.3 is 0 Å². The Bertz CT molecular complexity index is 3170. The quantitative estimate of drug-likeness (QED) is 0.172. The number of nitrogens with zero attached hydrogens (tertiary/aromatic N) is 2. The summed E-state index contributed by atoms with van der Waals surface area (Å²) >= 11 is 0. The van der Waals surface area contributed by atoms with Gasteiger partial charge in [0.2, 0.25) is 0 Å². The van der Waals surface area contributed by atoms with Crippen LogP contribution in [0, 0.1) is 0 Å². The summed E-state index contributed by atoms with van der Waals surface area (Å²) in [6.45, 7) is 0. The van der Waals surface area contributed by atoms with Crippen LogP contribution in [0.1, 0.15) is 0 Å². The van der Waals surface area contributed by atoms with Crippen LogP contribution >= 0.6 is 0 Å². The maximum atomic E-state index is 6.70. The van der Waals surface area contributed by atoms with Gasteiger partial charge in [0, 0.05) is 44.0 Å². The second kappa shape index (κ2) is 12.6. The number of anilines is 3. The summed E-state index contributed by atoms with van der Waals surface area (Å²) in [6.07, 6.45) is 0. The van der Waals surface area contributed by atoms with Crippen molar-refractivity contribution in [3.05, 3.63) is 206 Å². The maximum Gasteiger partial charge on any atom is 0.160 e. The minimum Gasteiger partial charge on any atom is -0.454 e. The first-order valence-corrected chi connectivity index (χ1v) is 18.8. The molecule has 0 aliphatic carbocycles. The number of fused-ring (bicyclic) bond motifs is 8. The molecule has 0 bridgehead atoms. The Morgan fingerprint density at radius 3 is 1.78 bits per heavy atom. The van der Waals surface area contributed by atoms with E-state index in [1.807, 2.05) is 6.07 Å². The summed E-state index contributed by atoms with van der Waals surface area (Å²) < 4.78 is 9.07. The molecule has 9 aromatic carbocycles. The fraction of sp³-hybridized carbons (Fsp3) is 0. The van der Waals surface area contributed by atoms with Crippen molar-refractivity contribution in [2.24, 2.45) is 0 Å². The Labute approximate surface area is 318 Å². The fourth-order valence-electron chi connectivity index (χ4n) is 8.45. The summed E-state index contributed by atoms with van der Waals surface area (Å²) in [6, 6.07) is 73.8. The van der Waals surface area contributed by atoms with Gasteiger partial charge in [0.05, 0.1) is 16.7 Å². The van der Waals surface area contributed by atoms with Crippen LogP contribution in [-0.4, -0.2) is 4.57 Å². The van der Waals surface area contributed by atoms with Crippen LogP contribution in [-0.2, 0) is 0 Å². The zero-order valence-electron chi connectivity index (χ0n) is 29.9. The molecule has 0 radical (unpaired) electrons. The Kier molecular flexibility index (Phi) is 7.17. The Hall–Kier alpha value is -7.36. The van der Waals surface area contributed by atoms with Crippen molar-refractivity contribution in [1.82, 2.24) is 4.57 Å². The molecule has 11 rings (SSSR count). The normalized spacial score (nSPS) is 11.6. The Morgan fingerprint density at radius 1 is 0.418 bits per heavy atom. The summed E-state index contributed by atoms with van der Waals surface area (Å²) in [5.74, 6) is 0. The van der Waals surface area contributed by atoms with Crippen LogP contribution in [0.2, 0.25) is 0 Å². The maximum absolute atomic E-state index is 6.70. The van der Waals surface area contributed by atoms with E-state index < -0.39 is 0 Å². The van der Waals surface area contributed by atoms with Crippen molar-refractivity contribution in [3.8, 4) is 27.9 Å². The SMILES string of the molecule is c1ccc(N(c2ccc(-c3ccc(-c4cc5c6ccccc6oc5c5c4c4ccccc4n5-c4ccccc4)cc3)cc2)c2cccc3ccccc23)cc1. The lowest BCUT2D eigenvalue weighted by Crippen LogP contribution is -2.10. The summed E-state index contributed by atoms with van der Waals surface area (Å²) in [4.78, 5) is 2.35. The second-order valence-electron chi connectivity index (χ2n) is 14.1. The van der Waals surface area contributed by atoms with Crippen LogP contribution in [0.4, 0.5) is 17.1 Å². The van der Waals surface area contributed by atoms with Crippen molar-refractivity contribution in [3.63, 3.8) is 0 Å². The van der Waals surface area contributed by atoms with Crippen LogP contribution < -0.4 is 4.90 Å². The van der Waals surface area contributed by atoms with Crippen molar-refractivity contribution < 1.29 is 4.42 Å². The monoisotopic (exact) mass is 702 g/mol. The lowest BCUT2D eigenvalue weighted by molar-refractivity contribution is 0.671. The average molecular weight is 703 g/mol. The molecule has 0 saturated heterocycles. The number of rotatable bonds is 6. The van der Waals surface area contributed by atoms with E-state index in [2.05, 4.69) is 210 Å². The smallest absolute Gasteiger partial charge is 0.160 e. The van der Waals surface area contributed by atoms with E-state index in [1.54, 1.807) is 0 Å². The zero-order chi connectivity index (χ0) is 36.3. The third-order valence-electron chi connectivity index (χ3n) is 11.0. The molecule has 2 heterocycles. The molecule has 3 nitrogen and oxygen atoms in total. The average Bonchev–Trinajstić information content (AvgIpc) is 3.81. The number of furan rings is 1. The van der Waals surface area contributed by atoms with Gasteiger partial charge in [-0.1, -0.05) is 146 Å². The molecule has 258 valence electrons. The standard InChI is InChI=1S/C52H34N2O/c1-3-16-39(17-4-1)53(47-24-13-15-37-14-7-8-20-42(37)47)41-32-30-36(31-33-41)35-26-28-38(29-27-35)45-34-46-43-21-10-12-25-49(43)55-52(46)51-50(45)44-22-9-11-23-48(44)54(51)40-18-5-2-6-19-40/h1-34H. The van der Waals surface area contributed by atoms with E-state index >= 15 is 0 Å². The van der Waals surface area contributed by atoms with Gasteiger partial charge in [0.15, 0.2) is 5.58 Å². The van der Waals surface area contributed by atoms with Crippen molar-refractivity contribution in [2.75, 3.05) is 4.90 Å². The molecule has 0 unspecified atom stereocenters. The first-order chi connectivity index (χ1) is 27.3. The van der Waals surface area contributed by atoms with E-state index in [-0.39, 0.29) is 0 Å². The molecule has 11 aromatic rings. The van der Waals surface area contributed by atoms with E-state index in [4.69, 9.17) is 4.42 Å². The van der Waals surface area contributed by atoms with Gasteiger partial charge in [0.1, 0.15) is 5.58 Å². The first-order valence-electron chi connectivity index (χ1n) is 18.8. The number of aromatic nitrogens is 1. The summed E-state index contributed by atoms with van der Waals surface area (Å²) in [5.41, 5.74) is 13.2. The predicted octanol–water partition coefficient (Wildman–Crippen LogP) is 14.6. The van der Waals surface area contributed by atoms with Crippen molar-refractivity contribution in [1.29, 1.82) is 0 Å². The van der Waals surface area contributed by atoms with Gasteiger partial charge in [-0.25, -0.2) is 0 Å². The van der Waals surface area contributed by atoms with Gasteiger partial charge in [-0.05, 0) is 88.3 Å². The third kappa shape index (κ3) is 5.05. The van der Waals surface area contributed by atoms with Crippen molar-refractivity contribution >= 4 is 71.6 Å². The molecule has 0 saturated carbocycles. The molecule has 55 heavy (non-hydrogen) atoms. The highest BCUT2D eigenvalue weighted by Crippen LogP contribution is 2.46. The van der Waals surface area contributed by atoms with Crippen LogP contribution in [0.15, 0.2) is 211 Å². The molecule has 0 amide bonds. The predicted molar refractivity (Wildman–Crippen MR) is 231 cm³/mol. The number of benzene rings is 9. The molecule has 0 spiro atoms. The van der Waals surface area contributed by atoms with Crippen molar-refractivity contribution in [2.45, 2.75) is 0 Å². The van der Waals surface area contributed by atoms with Gasteiger partial charge in [0.25, 0.3) is 0 Å². The van der Waals surface area contributed by atoms with E-state index in [1.165, 1.54) is 43.8 Å². The first kappa shape index (κ1) is 31.2. The third-order valence-corrected chi connectivity index (χ3v) is 11.0. The molecular weight excluding hydrogens is 669 g/mol. The molecule has 0 aliphatic rings. The molecule has 0 atom stereocenters. The largest absolute Gasteiger partial charge is 0.454 e. The molecule has 2 aromatic heterocycles. The fourth-order valence-corrected chi connectivity index (χ4v) is 8.45. The number of hydrogen-bond acceptors (Lipinski definition) is 2. The topological polar surface area (TPSA) is 21.3 Å². The molecule has 0 fully saturated rings. The Morgan fingerprint density at radius 2 is 1.00 bits per heavy atom. The Balaban J connectivity index is 1.04. The van der Waals surface area contributed by atoms with Gasteiger partial charge in [-0.2, -0.15) is 0 Å². The highest BCUT2D eigenvalue weighted by Gasteiger charge is 2.23. The zero-order valence-corrected chi connectivity index (χ0v) is 29.9. The van der Waals surface area contributed by atoms with E-state index in [9.17, 15) is 0 Å². The molecular formula is C52H34N2O. The minimum atomic E-state index is 0.894. The van der Waals surface area contributed by atoms with Gasteiger partial charge in [-0.15, -0.1) is 0 Å². The highest BCUT2D eigenvalue weighted by atomic mass is 16.3. The van der Waals surface area contributed by atoms with Gasteiger partial charge < -0.3 is 13.9 Å². The lowest BCUT2D eigenvalue weighted by atomic mass is 9.95. The lowest BCUT2D eigenvalue weighted by Gasteiger charge is -2.27. The molecule has 0 N–H and O–H groups in total.